The zero-order valence-electron chi connectivity index (χ0n) is 15.0. The minimum absolute atomic E-state index is 0.308. The van der Waals surface area contributed by atoms with Crippen molar-refractivity contribution in [2.24, 2.45) is 0 Å². The molecule has 1 rings (SSSR count). The van der Waals surface area contributed by atoms with Crippen LogP contribution < -0.4 is 16.0 Å². The Bertz CT molecular complexity index is 812. The van der Waals surface area contributed by atoms with Gasteiger partial charge in [-0.25, -0.2) is 0 Å². The molecule has 0 aliphatic carbocycles. The first-order valence-electron chi connectivity index (χ1n) is 7.86. The second-order valence-electron chi connectivity index (χ2n) is 5.43. The zero-order chi connectivity index (χ0) is 20.6. The Morgan fingerprint density at radius 2 is 1.63 bits per heavy atom. The quantitative estimate of drug-likeness (QED) is 0.529. The summed E-state index contributed by atoms with van der Waals surface area (Å²) in [7, 11) is 0. The predicted octanol–water partition coefficient (Wildman–Crippen LogP) is 0.926. The number of benzene rings is 1. The Hall–Kier alpha value is -3.68. The van der Waals surface area contributed by atoms with Crippen LogP contribution in [0, 0.1) is 0 Å². The van der Waals surface area contributed by atoms with Gasteiger partial charge in [-0.1, -0.05) is 38.4 Å². The molecule has 2 N–H and O–H groups in total. The zero-order valence-corrected chi connectivity index (χ0v) is 15.0. The van der Waals surface area contributed by atoms with E-state index in [0.717, 1.165) is 23.0 Å². The molecule has 0 unspecified atom stereocenters. The van der Waals surface area contributed by atoms with Crippen LogP contribution in [-0.4, -0.2) is 35.4 Å². The molecule has 0 aliphatic rings. The Labute approximate surface area is 158 Å². The van der Waals surface area contributed by atoms with Gasteiger partial charge in [-0.2, -0.15) is 0 Å². The number of imide groups is 1. The van der Waals surface area contributed by atoms with Gasteiger partial charge >= 0.3 is 6.98 Å². The summed E-state index contributed by atoms with van der Waals surface area (Å²) in [5.41, 5.74) is 1.08. The predicted molar refractivity (Wildman–Crippen MR) is 106 cm³/mol. The molecule has 4 amide bonds. The first-order chi connectivity index (χ1) is 12.7. The van der Waals surface area contributed by atoms with E-state index in [2.05, 4.69) is 36.9 Å². The first-order valence-corrected chi connectivity index (χ1v) is 7.86. The van der Waals surface area contributed by atoms with Crippen LogP contribution in [0.4, 0.5) is 5.69 Å². The van der Waals surface area contributed by atoms with Crippen molar-refractivity contribution < 1.29 is 19.2 Å². The summed E-state index contributed by atoms with van der Waals surface area (Å²) in [5, 5.41) is 5.15. The summed E-state index contributed by atoms with van der Waals surface area (Å²) in [6.07, 6.45) is 2.90. The molecule has 138 valence electrons. The van der Waals surface area contributed by atoms with Crippen molar-refractivity contribution in [3.63, 3.8) is 0 Å². The number of nitrogens with one attached hydrogen (secondary N) is 2. The van der Waals surface area contributed by atoms with Gasteiger partial charge in [0.05, 0.1) is 0 Å². The number of anilines is 1. The van der Waals surface area contributed by atoms with Crippen LogP contribution in [0.2, 0.25) is 0 Å². The van der Waals surface area contributed by atoms with E-state index in [1.165, 1.54) is 6.07 Å². The topological polar surface area (TPSA) is 95.6 Å². The van der Waals surface area contributed by atoms with E-state index < -0.39 is 24.7 Å². The number of rotatable bonds is 8. The van der Waals surface area contributed by atoms with E-state index >= 15 is 0 Å². The lowest BCUT2D eigenvalue weighted by atomic mass is 9.65. The van der Waals surface area contributed by atoms with Crippen molar-refractivity contribution >= 4 is 41.8 Å². The van der Waals surface area contributed by atoms with Crippen molar-refractivity contribution in [1.29, 1.82) is 0 Å². The highest BCUT2D eigenvalue weighted by atomic mass is 16.2. The van der Waals surface area contributed by atoms with Crippen molar-refractivity contribution in [3.8, 4) is 0 Å². The molecule has 0 atom stereocenters. The SMILES string of the molecule is C=CC(=O)NB(c1cccc(NC(=O)C(=C)C)c1)N(C(=O)C=C)C(=O)C=C. The number of hydrogen-bond donors (Lipinski definition) is 2. The lowest BCUT2D eigenvalue weighted by Crippen LogP contribution is -2.62. The van der Waals surface area contributed by atoms with Gasteiger partial charge in [-0.15, -0.1) is 0 Å². The summed E-state index contributed by atoms with van der Waals surface area (Å²) < 4.78 is 0. The number of carbonyl (C=O) groups excluding carboxylic acids is 4. The van der Waals surface area contributed by atoms with Crippen LogP contribution in [0.1, 0.15) is 6.92 Å². The molecule has 0 saturated carbocycles. The van der Waals surface area contributed by atoms with Gasteiger partial charge in [0.2, 0.25) is 17.7 Å². The fourth-order valence-electron chi connectivity index (χ4n) is 2.07. The van der Waals surface area contributed by atoms with Gasteiger partial charge in [0, 0.05) is 11.3 Å². The molecule has 0 heterocycles. The number of carbonyl (C=O) groups is 4. The molecule has 27 heavy (non-hydrogen) atoms. The summed E-state index contributed by atoms with van der Waals surface area (Å²) >= 11 is 0. The Balaban J connectivity index is 3.42. The van der Waals surface area contributed by atoms with E-state index in [0.29, 0.717) is 16.7 Å². The molecule has 0 fully saturated rings. The molecule has 0 radical (unpaired) electrons. The van der Waals surface area contributed by atoms with Gasteiger partial charge < -0.3 is 10.5 Å². The Kier molecular flexibility index (Phi) is 7.69. The Morgan fingerprint density at radius 1 is 1.04 bits per heavy atom. The highest BCUT2D eigenvalue weighted by Gasteiger charge is 2.34. The second-order valence-corrected chi connectivity index (χ2v) is 5.43. The van der Waals surface area contributed by atoms with E-state index in [4.69, 9.17) is 0 Å². The van der Waals surface area contributed by atoms with E-state index in [9.17, 15) is 19.2 Å². The molecule has 1 aromatic carbocycles. The van der Waals surface area contributed by atoms with E-state index in [1.54, 1.807) is 25.1 Å². The van der Waals surface area contributed by atoms with Gasteiger partial charge in [0.15, 0.2) is 0 Å². The minimum atomic E-state index is -1.16. The molecule has 0 saturated heterocycles. The third kappa shape index (κ3) is 5.67. The van der Waals surface area contributed by atoms with Crippen molar-refractivity contribution in [1.82, 2.24) is 10.0 Å². The average Bonchev–Trinajstić information content (AvgIpc) is 2.66. The van der Waals surface area contributed by atoms with Crippen LogP contribution in [0.25, 0.3) is 0 Å². The van der Waals surface area contributed by atoms with Crippen LogP contribution >= 0.6 is 0 Å². The molecule has 7 nitrogen and oxygen atoms in total. The lowest BCUT2D eigenvalue weighted by molar-refractivity contribution is -0.133. The van der Waals surface area contributed by atoms with Crippen LogP contribution in [-0.2, 0) is 19.2 Å². The number of hydrogen-bond acceptors (Lipinski definition) is 4. The monoisotopic (exact) mass is 365 g/mol. The summed E-state index contributed by atoms with van der Waals surface area (Å²) in [6.45, 7) is 14.1. The fourth-order valence-corrected chi connectivity index (χ4v) is 2.07. The largest absolute Gasteiger partial charge is 0.421 e. The Morgan fingerprint density at radius 3 is 2.11 bits per heavy atom. The summed E-state index contributed by atoms with van der Waals surface area (Å²) in [4.78, 5) is 48.9. The summed E-state index contributed by atoms with van der Waals surface area (Å²) in [6, 6.07) is 6.33. The smallest absolute Gasteiger partial charge is 0.372 e. The van der Waals surface area contributed by atoms with Crippen LogP contribution in [0.5, 0.6) is 0 Å². The van der Waals surface area contributed by atoms with Crippen LogP contribution in [0.15, 0.2) is 74.4 Å². The fraction of sp³-hybridized carbons (Fsp3) is 0.0526. The third-order valence-electron chi connectivity index (χ3n) is 3.39. The first kappa shape index (κ1) is 21.4. The van der Waals surface area contributed by atoms with E-state index in [-0.39, 0.29) is 5.91 Å². The van der Waals surface area contributed by atoms with Crippen molar-refractivity contribution in [3.05, 3.63) is 74.4 Å². The van der Waals surface area contributed by atoms with Crippen molar-refractivity contribution in [2.75, 3.05) is 5.32 Å². The molecular formula is C19H20BN3O4. The number of nitrogens with zero attached hydrogens (tertiary/aromatic N) is 1. The normalized spacial score (nSPS) is 9.37. The van der Waals surface area contributed by atoms with Gasteiger partial charge in [0.1, 0.15) is 0 Å². The van der Waals surface area contributed by atoms with Gasteiger partial charge in [-0.05, 0) is 42.7 Å². The van der Waals surface area contributed by atoms with Crippen molar-refractivity contribution in [2.45, 2.75) is 6.92 Å². The van der Waals surface area contributed by atoms with Gasteiger partial charge in [0.25, 0.3) is 5.91 Å². The molecule has 0 aliphatic heterocycles. The molecule has 1 aromatic rings. The molecule has 0 aromatic heterocycles. The highest BCUT2D eigenvalue weighted by molar-refractivity contribution is 6.75. The molecular weight excluding hydrogens is 345 g/mol. The lowest BCUT2D eigenvalue weighted by Gasteiger charge is -2.26. The standard InChI is InChI=1S/C19H20BN3O4/c1-6-16(24)22-20(23(17(25)7-2)18(26)8-3)14-10-9-11-15(12-14)21-19(27)13(4)5/h6-12H,1-4H2,5H3,(H,21,27)(H,22,24). The molecule has 0 bridgehead atoms. The highest BCUT2D eigenvalue weighted by Crippen LogP contribution is 2.08. The maximum atomic E-state index is 12.2. The van der Waals surface area contributed by atoms with Gasteiger partial charge in [-0.3, -0.25) is 24.0 Å². The minimum Gasteiger partial charge on any atom is -0.372 e. The summed E-state index contributed by atoms with van der Waals surface area (Å²) in [5.74, 6) is -2.45. The number of amides is 4. The van der Waals surface area contributed by atoms with Crippen LogP contribution in [0.3, 0.4) is 0 Å². The average molecular weight is 365 g/mol. The maximum Gasteiger partial charge on any atom is 0.421 e. The second kappa shape index (κ2) is 9.72. The maximum absolute atomic E-state index is 12.2. The third-order valence-corrected chi connectivity index (χ3v) is 3.39. The van der Waals surface area contributed by atoms with E-state index in [1.807, 2.05) is 0 Å². The molecule has 0 spiro atoms. The molecule has 8 heteroatoms.